The second-order valence-electron chi connectivity index (χ2n) is 9.55. The maximum Gasteiger partial charge on any atom is 0.250 e. The summed E-state index contributed by atoms with van der Waals surface area (Å²) < 4.78 is 13.0. The highest BCUT2D eigenvalue weighted by Crippen LogP contribution is 2.44. The topological polar surface area (TPSA) is 35.5 Å². The zero-order chi connectivity index (χ0) is 19.6. The number of hydrogen-bond donors (Lipinski definition) is 0. The zero-order valence-electron chi connectivity index (χ0n) is 17.6. The lowest BCUT2D eigenvalue weighted by atomic mass is 9.84. The largest absolute Gasteiger partial charge is 0.543 e. The molecule has 1 aromatic rings. The fraction of sp³-hybridized carbons (Fsp3) is 0.650. The molecule has 3 nitrogen and oxygen atoms in total. The molecule has 0 saturated heterocycles. The van der Waals surface area contributed by atoms with E-state index in [-0.39, 0.29) is 16.6 Å². The van der Waals surface area contributed by atoms with Gasteiger partial charge in [-0.15, -0.1) is 0 Å². The second-order valence-corrected chi connectivity index (χ2v) is 16.3. The molecule has 0 heterocycles. The maximum absolute atomic E-state index is 11.3. The lowest BCUT2D eigenvalue weighted by molar-refractivity contribution is 0.0847. The third-order valence-electron chi connectivity index (χ3n) is 4.76. The molecule has 0 aliphatic rings. The van der Waals surface area contributed by atoms with Gasteiger partial charge in [-0.2, -0.15) is 0 Å². The summed E-state index contributed by atoms with van der Waals surface area (Å²) in [7, 11) is -2.89. The lowest BCUT2D eigenvalue weighted by Crippen LogP contribution is -2.44. The minimum absolute atomic E-state index is 0.0883. The third kappa shape index (κ3) is 5.79. The van der Waals surface area contributed by atoms with Crippen molar-refractivity contribution >= 4 is 23.6 Å². The van der Waals surface area contributed by atoms with Crippen LogP contribution in [-0.4, -0.2) is 23.6 Å². The van der Waals surface area contributed by atoms with Gasteiger partial charge in [0.1, 0.15) is 12.0 Å². The van der Waals surface area contributed by atoms with Crippen molar-refractivity contribution in [2.45, 2.75) is 78.9 Å². The standard InChI is InChI=1S/C20H35O3Si2/c1-19(2,3)18(22-24(7)8)16-13-15(14-21)11-12-17(16)23-25(9,10)20(4,5)6/h11-14,18H,1-10H3. The summed E-state index contributed by atoms with van der Waals surface area (Å²) in [6.45, 7) is 22.0. The molecule has 25 heavy (non-hydrogen) atoms. The Hall–Kier alpha value is -0.916. The lowest BCUT2D eigenvalue weighted by Gasteiger charge is -2.39. The summed E-state index contributed by atoms with van der Waals surface area (Å²) in [6, 6.07) is 5.72. The van der Waals surface area contributed by atoms with Gasteiger partial charge in [0, 0.05) is 11.1 Å². The van der Waals surface area contributed by atoms with Crippen LogP contribution in [0.3, 0.4) is 0 Å². The quantitative estimate of drug-likeness (QED) is 0.433. The van der Waals surface area contributed by atoms with E-state index in [1.165, 1.54) is 0 Å². The predicted octanol–water partition coefficient (Wildman–Crippen LogP) is 6.24. The normalized spacial score (nSPS) is 14.5. The highest BCUT2D eigenvalue weighted by molar-refractivity contribution is 6.74. The first-order valence-corrected chi connectivity index (χ1v) is 14.3. The third-order valence-corrected chi connectivity index (χ3v) is 9.81. The van der Waals surface area contributed by atoms with Gasteiger partial charge in [0.2, 0.25) is 17.4 Å². The van der Waals surface area contributed by atoms with E-state index in [0.29, 0.717) is 5.56 Å². The molecule has 0 N–H and O–H groups in total. The number of hydrogen-bond acceptors (Lipinski definition) is 3. The molecule has 141 valence electrons. The summed E-state index contributed by atoms with van der Waals surface area (Å²) in [4.78, 5) is 11.3. The van der Waals surface area contributed by atoms with Gasteiger partial charge in [0.15, 0.2) is 0 Å². The van der Waals surface area contributed by atoms with Crippen molar-refractivity contribution in [3.63, 3.8) is 0 Å². The Bertz CT molecular complexity index is 596. The second kappa shape index (κ2) is 7.76. The Labute approximate surface area is 157 Å². The average Bonchev–Trinajstić information content (AvgIpc) is 2.42. The van der Waals surface area contributed by atoms with Crippen LogP contribution in [0, 0.1) is 5.41 Å². The number of aldehydes is 1. The Morgan fingerprint density at radius 3 is 2.04 bits per heavy atom. The molecule has 0 spiro atoms. The monoisotopic (exact) mass is 379 g/mol. The molecule has 0 bridgehead atoms. The average molecular weight is 380 g/mol. The molecule has 5 heteroatoms. The molecule has 0 fully saturated rings. The van der Waals surface area contributed by atoms with Gasteiger partial charge in [-0.1, -0.05) is 41.5 Å². The van der Waals surface area contributed by atoms with Crippen LogP contribution >= 0.6 is 0 Å². The maximum atomic E-state index is 11.3. The first-order chi connectivity index (χ1) is 11.2. The number of carbonyl (C=O) groups is 1. The van der Waals surface area contributed by atoms with Gasteiger partial charge in [-0.25, -0.2) is 0 Å². The molecule has 0 aliphatic carbocycles. The first-order valence-electron chi connectivity index (χ1n) is 8.94. The fourth-order valence-corrected chi connectivity index (χ4v) is 4.30. The van der Waals surface area contributed by atoms with Crippen molar-refractivity contribution in [2.75, 3.05) is 0 Å². The highest BCUT2D eigenvalue weighted by Gasteiger charge is 2.40. The van der Waals surface area contributed by atoms with E-state index >= 15 is 0 Å². The highest BCUT2D eigenvalue weighted by atomic mass is 28.4. The van der Waals surface area contributed by atoms with Crippen molar-refractivity contribution in [3.8, 4) is 5.75 Å². The minimum atomic E-state index is -1.99. The smallest absolute Gasteiger partial charge is 0.250 e. The van der Waals surface area contributed by atoms with Crippen LogP contribution in [0.25, 0.3) is 0 Å². The van der Waals surface area contributed by atoms with E-state index in [0.717, 1.165) is 17.6 Å². The molecular formula is C20H35O3Si2. The van der Waals surface area contributed by atoms with Gasteiger partial charge in [-0.05, 0) is 54.8 Å². The number of carbonyl (C=O) groups excluding carboxylic acids is 1. The molecule has 1 radical (unpaired) electrons. The molecule has 1 atom stereocenters. The zero-order valence-corrected chi connectivity index (χ0v) is 19.6. The SMILES string of the molecule is C[Si](C)OC(c1cc(C=O)ccc1O[Si](C)(C)C(C)(C)C)C(C)(C)C. The molecule has 0 aliphatic heterocycles. The molecule has 1 rings (SSSR count). The minimum Gasteiger partial charge on any atom is -0.543 e. The predicted molar refractivity (Wildman–Crippen MR) is 110 cm³/mol. The van der Waals surface area contributed by atoms with Crippen molar-refractivity contribution in [1.82, 2.24) is 0 Å². The number of rotatable bonds is 6. The van der Waals surface area contributed by atoms with Gasteiger partial charge >= 0.3 is 0 Å². The van der Waals surface area contributed by atoms with Crippen molar-refractivity contribution in [3.05, 3.63) is 29.3 Å². The van der Waals surface area contributed by atoms with Gasteiger partial charge in [0.05, 0.1) is 6.10 Å². The summed E-state index contributed by atoms with van der Waals surface area (Å²) in [5.74, 6) is 0.861. The first kappa shape index (κ1) is 22.1. The summed E-state index contributed by atoms with van der Waals surface area (Å²) in [5, 5.41) is 0.107. The Morgan fingerprint density at radius 2 is 1.64 bits per heavy atom. The van der Waals surface area contributed by atoms with E-state index in [4.69, 9.17) is 8.85 Å². The summed E-state index contributed by atoms with van der Waals surface area (Å²) in [6.07, 6.45) is 0.791. The molecule has 1 aromatic carbocycles. The van der Waals surface area contributed by atoms with E-state index < -0.39 is 17.4 Å². The Balaban J connectivity index is 3.47. The summed E-state index contributed by atoms with van der Waals surface area (Å²) >= 11 is 0. The van der Waals surface area contributed by atoms with E-state index in [2.05, 4.69) is 67.7 Å². The van der Waals surface area contributed by atoms with Crippen LogP contribution in [0.2, 0.25) is 31.2 Å². The van der Waals surface area contributed by atoms with Crippen LogP contribution < -0.4 is 4.43 Å². The van der Waals surface area contributed by atoms with Gasteiger partial charge in [0.25, 0.3) is 0 Å². The van der Waals surface area contributed by atoms with Crippen LogP contribution in [0.15, 0.2) is 18.2 Å². The van der Waals surface area contributed by atoms with E-state index in [1.807, 2.05) is 18.2 Å². The molecule has 0 saturated carbocycles. The van der Waals surface area contributed by atoms with Crippen molar-refractivity contribution < 1.29 is 13.6 Å². The van der Waals surface area contributed by atoms with Crippen LogP contribution in [0.5, 0.6) is 5.75 Å². The number of benzene rings is 1. The molecule has 0 amide bonds. The van der Waals surface area contributed by atoms with Crippen LogP contribution in [-0.2, 0) is 4.43 Å². The van der Waals surface area contributed by atoms with Crippen LogP contribution in [0.4, 0.5) is 0 Å². The van der Waals surface area contributed by atoms with E-state index in [1.54, 1.807) is 0 Å². The van der Waals surface area contributed by atoms with Crippen molar-refractivity contribution in [2.24, 2.45) is 5.41 Å². The van der Waals surface area contributed by atoms with Gasteiger partial charge in [-0.3, -0.25) is 4.79 Å². The van der Waals surface area contributed by atoms with E-state index in [9.17, 15) is 4.79 Å². The molecule has 1 unspecified atom stereocenters. The van der Waals surface area contributed by atoms with Gasteiger partial charge < -0.3 is 8.85 Å². The van der Waals surface area contributed by atoms with Crippen molar-refractivity contribution in [1.29, 1.82) is 0 Å². The summed E-state index contributed by atoms with van der Waals surface area (Å²) in [5.41, 5.74) is 1.57. The fourth-order valence-electron chi connectivity index (χ4n) is 2.31. The Morgan fingerprint density at radius 1 is 1.08 bits per heavy atom. The Kier molecular flexibility index (Phi) is 6.87. The molecular weight excluding hydrogens is 344 g/mol. The van der Waals surface area contributed by atoms with Crippen LogP contribution in [0.1, 0.15) is 63.6 Å². The molecule has 0 aromatic heterocycles.